The van der Waals surface area contributed by atoms with Gasteiger partial charge in [0.2, 0.25) is 0 Å². The van der Waals surface area contributed by atoms with Gasteiger partial charge in [0.25, 0.3) is 0 Å². The van der Waals surface area contributed by atoms with Gasteiger partial charge >= 0.3 is 0 Å². The molecule has 1 aliphatic carbocycles. The van der Waals surface area contributed by atoms with Gasteiger partial charge in [-0.25, -0.2) is 0 Å². The van der Waals surface area contributed by atoms with Gasteiger partial charge in [-0.05, 0) is 38.8 Å². The molecule has 4 rings (SSSR count). The Labute approximate surface area is 97.7 Å². The number of likely N-dealkylation sites (tertiary alicyclic amines) is 2. The van der Waals surface area contributed by atoms with Crippen LogP contribution in [0.3, 0.4) is 0 Å². The van der Waals surface area contributed by atoms with E-state index in [9.17, 15) is 0 Å². The van der Waals surface area contributed by atoms with Crippen LogP contribution in [0, 0.1) is 17.3 Å². The molecule has 0 radical (unpaired) electrons. The molecule has 0 amide bonds. The van der Waals surface area contributed by atoms with Crippen LogP contribution in [0.25, 0.3) is 0 Å². The number of rotatable bonds is 1. The predicted molar refractivity (Wildman–Crippen MR) is 62.3 cm³/mol. The van der Waals surface area contributed by atoms with Crippen LogP contribution >= 0.6 is 0 Å². The number of ether oxygens (including phenoxy) is 1. The maximum absolute atomic E-state index is 6.01. The topological polar surface area (TPSA) is 15.7 Å². The minimum atomic E-state index is 0.472. The first-order chi connectivity index (χ1) is 7.71. The molecule has 4 aliphatic rings. The molecule has 0 spiro atoms. The van der Waals surface area contributed by atoms with Crippen molar-refractivity contribution in [3.05, 3.63) is 0 Å². The molecular formula is C13H22N2O. The van der Waals surface area contributed by atoms with Crippen molar-refractivity contribution in [3.63, 3.8) is 0 Å². The molecule has 5 unspecified atom stereocenters. The minimum absolute atomic E-state index is 0.472. The standard InChI is InChI=1S/C13H22N2O/c1-14-7-11-13(8-14,3-4-16-11)12-10-5-9(10)6-15(12)2/h9-12H,3-8H2,1-2H3. The Balaban J connectivity index is 1.69. The van der Waals surface area contributed by atoms with E-state index in [4.69, 9.17) is 4.74 Å². The number of piperidine rings is 1. The lowest BCUT2D eigenvalue weighted by Crippen LogP contribution is -2.49. The normalized spacial score (nSPS) is 56.6. The second-order valence-corrected chi connectivity index (χ2v) is 6.58. The summed E-state index contributed by atoms with van der Waals surface area (Å²) < 4.78 is 6.01. The molecule has 3 nitrogen and oxygen atoms in total. The van der Waals surface area contributed by atoms with E-state index in [1.165, 1.54) is 25.9 Å². The van der Waals surface area contributed by atoms with E-state index >= 15 is 0 Å². The number of nitrogens with zero attached hydrogens (tertiary/aromatic N) is 2. The van der Waals surface area contributed by atoms with Crippen LogP contribution in [-0.2, 0) is 4.74 Å². The van der Waals surface area contributed by atoms with Crippen LogP contribution in [-0.4, -0.2) is 62.3 Å². The molecule has 5 atom stereocenters. The molecule has 3 saturated heterocycles. The van der Waals surface area contributed by atoms with E-state index in [1.54, 1.807) is 0 Å². The van der Waals surface area contributed by atoms with E-state index in [0.29, 0.717) is 11.5 Å². The lowest BCUT2D eigenvalue weighted by molar-refractivity contribution is 0.0334. The van der Waals surface area contributed by atoms with E-state index < -0.39 is 0 Å². The fraction of sp³-hybridized carbons (Fsp3) is 1.00. The van der Waals surface area contributed by atoms with E-state index in [0.717, 1.165) is 31.0 Å². The molecule has 3 heterocycles. The first kappa shape index (κ1) is 9.86. The average Bonchev–Trinajstić information content (AvgIpc) is 2.57. The van der Waals surface area contributed by atoms with Crippen LogP contribution < -0.4 is 0 Å². The van der Waals surface area contributed by atoms with Gasteiger partial charge in [-0.1, -0.05) is 0 Å². The molecule has 0 aromatic heterocycles. The SMILES string of the molecule is CN1CC2OCCC2(C2C3CC3CN2C)C1. The lowest BCUT2D eigenvalue weighted by atomic mass is 9.74. The summed E-state index contributed by atoms with van der Waals surface area (Å²) >= 11 is 0. The monoisotopic (exact) mass is 222 g/mol. The summed E-state index contributed by atoms with van der Waals surface area (Å²) in [6.07, 6.45) is 3.30. The third-order valence-corrected chi connectivity index (χ3v) is 5.54. The zero-order chi connectivity index (χ0) is 10.9. The number of hydrogen-bond donors (Lipinski definition) is 0. The Kier molecular flexibility index (Phi) is 1.85. The van der Waals surface area contributed by atoms with Crippen molar-refractivity contribution in [2.24, 2.45) is 17.3 Å². The quantitative estimate of drug-likeness (QED) is 0.648. The van der Waals surface area contributed by atoms with Crippen LogP contribution in [0.15, 0.2) is 0 Å². The van der Waals surface area contributed by atoms with Gasteiger partial charge < -0.3 is 14.5 Å². The van der Waals surface area contributed by atoms with Crippen LogP contribution in [0.4, 0.5) is 0 Å². The maximum atomic E-state index is 6.01. The summed E-state index contributed by atoms with van der Waals surface area (Å²) in [5.41, 5.74) is 0.472. The van der Waals surface area contributed by atoms with Crippen LogP contribution in [0.2, 0.25) is 0 Å². The number of likely N-dealkylation sites (N-methyl/N-ethyl adjacent to an activating group) is 1. The van der Waals surface area contributed by atoms with Gasteiger partial charge in [-0.3, -0.25) is 0 Å². The van der Waals surface area contributed by atoms with Crippen molar-refractivity contribution in [1.82, 2.24) is 9.80 Å². The molecule has 0 aromatic rings. The average molecular weight is 222 g/mol. The molecule has 0 aromatic carbocycles. The second kappa shape index (κ2) is 3.01. The Morgan fingerprint density at radius 1 is 1.25 bits per heavy atom. The lowest BCUT2D eigenvalue weighted by Gasteiger charge is -2.39. The van der Waals surface area contributed by atoms with Gasteiger partial charge in [0.15, 0.2) is 0 Å². The molecule has 16 heavy (non-hydrogen) atoms. The second-order valence-electron chi connectivity index (χ2n) is 6.58. The highest BCUT2D eigenvalue weighted by Crippen LogP contribution is 2.58. The Bertz CT molecular complexity index is 319. The third kappa shape index (κ3) is 1.09. The summed E-state index contributed by atoms with van der Waals surface area (Å²) in [5, 5.41) is 0. The molecule has 3 heteroatoms. The zero-order valence-electron chi connectivity index (χ0n) is 10.4. The van der Waals surface area contributed by atoms with Crippen molar-refractivity contribution < 1.29 is 4.74 Å². The highest BCUT2D eigenvalue weighted by atomic mass is 16.5. The van der Waals surface area contributed by atoms with Crippen molar-refractivity contribution in [2.45, 2.75) is 25.0 Å². The van der Waals surface area contributed by atoms with Gasteiger partial charge in [0.1, 0.15) is 0 Å². The largest absolute Gasteiger partial charge is 0.376 e. The van der Waals surface area contributed by atoms with Gasteiger partial charge in [0, 0.05) is 37.7 Å². The summed E-state index contributed by atoms with van der Waals surface area (Å²) in [5.74, 6) is 2.03. The molecule has 0 N–H and O–H groups in total. The molecule has 4 fully saturated rings. The fourth-order valence-electron chi connectivity index (χ4n) is 4.96. The Morgan fingerprint density at radius 2 is 2.12 bits per heavy atom. The molecule has 1 saturated carbocycles. The Hall–Kier alpha value is -0.120. The fourth-order valence-corrected chi connectivity index (χ4v) is 4.96. The van der Waals surface area contributed by atoms with Crippen LogP contribution in [0.5, 0.6) is 0 Å². The molecular weight excluding hydrogens is 200 g/mol. The van der Waals surface area contributed by atoms with E-state index in [1.807, 2.05) is 0 Å². The summed E-state index contributed by atoms with van der Waals surface area (Å²) in [4.78, 5) is 5.12. The van der Waals surface area contributed by atoms with E-state index in [-0.39, 0.29) is 0 Å². The smallest absolute Gasteiger partial charge is 0.0786 e. The molecule has 90 valence electrons. The number of fused-ring (bicyclic) bond motifs is 2. The maximum Gasteiger partial charge on any atom is 0.0786 e. The van der Waals surface area contributed by atoms with Gasteiger partial charge in [-0.2, -0.15) is 0 Å². The summed E-state index contributed by atoms with van der Waals surface area (Å²) in [6, 6.07) is 0.815. The van der Waals surface area contributed by atoms with Crippen molar-refractivity contribution >= 4 is 0 Å². The summed E-state index contributed by atoms with van der Waals surface area (Å²) in [6.45, 7) is 4.76. The van der Waals surface area contributed by atoms with Gasteiger partial charge in [-0.15, -0.1) is 0 Å². The van der Waals surface area contributed by atoms with Gasteiger partial charge in [0.05, 0.1) is 6.10 Å². The third-order valence-electron chi connectivity index (χ3n) is 5.54. The minimum Gasteiger partial charge on any atom is -0.376 e. The van der Waals surface area contributed by atoms with Crippen molar-refractivity contribution in [1.29, 1.82) is 0 Å². The first-order valence-electron chi connectivity index (χ1n) is 6.71. The number of hydrogen-bond acceptors (Lipinski definition) is 3. The molecule has 0 bridgehead atoms. The van der Waals surface area contributed by atoms with Crippen molar-refractivity contribution in [3.8, 4) is 0 Å². The Morgan fingerprint density at radius 3 is 2.88 bits per heavy atom. The zero-order valence-corrected chi connectivity index (χ0v) is 10.4. The highest BCUT2D eigenvalue weighted by Gasteiger charge is 2.64. The first-order valence-corrected chi connectivity index (χ1v) is 6.71. The highest BCUT2D eigenvalue weighted by molar-refractivity contribution is 5.16. The predicted octanol–water partition coefficient (Wildman–Crippen LogP) is 0.657. The summed E-state index contributed by atoms with van der Waals surface area (Å²) in [7, 11) is 4.59. The van der Waals surface area contributed by atoms with Crippen LogP contribution in [0.1, 0.15) is 12.8 Å². The van der Waals surface area contributed by atoms with Crippen molar-refractivity contribution in [2.75, 3.05) is 40.3 Å². The molecule has 3 aliphatic heterocycles. The van der Waals surface area contributed by atoms with E-state index in [2.05, 4.69) is 23.9 Å².